The molecule has 6 rings (SSSR count). The van der Waals surface area contributed by atoms with Gasteiger partial charge in [0.1, 0.15) is 35.4 Å². The number of likely N-dealkylation sites (tertiary alicyclic amines) is 1. The van der Waals surface area contributed by atoms with Crippen molar-refractivity contribution in [3.8, 4) is 17.6 Å². The van der Waals surface area contributed by atoms with Crippen LogP contribution in [0.15, 0.2) is 55.0 Å². The molecule has 0 saturated carbocycles. The van der Waals surface area contributed by atoms with E-state index in [0.29, 0.717) is 36.2 Å². The van der Waals surface area contributed by atoms with Crippen LogP contribution in [0.2, 0.25) is 5.02 Å². The molecule has 210 valence electrons. The summed E-state index contributed by atoms with van der Waals surface area (Å²) in [5.41, 5.74) is 1.60. The van der Waals surface area contributed by atoms with Crippen molar-refractivity contribution in [3.63, 3.8) is 0 Å². The predicted octanol–water partition coefficient (Wildman–Crippen LogP) is 5.77. The van der Waals surface area contributed by atoms with E-state index in [9.17, 15) is 4.79 Å². The fraction of sp³-hybridized carbons (Fsp3) is 0.333. The lowest BCUT2D eigenvalue weighted by Gasteiger charge is -2.27. The highest BCUT2D eigenvalue weighted by Crippen LogP contribution is 2.33. The molecule has 2 saturated heterocycles. The molecule has 0 bridgehead atoms. The van der Waals surface area contributed by atoms with E-state index >= 15 is 0 Å². The Bertz CT molecular complexity index is 1580. The molecule has 2 N–H and O–H groups in total. The summed E-state index contributed by atoms with van der Waals surface area (Å²) >= 11 is 8.00. The average Bonchev–Trinajstić information content (AvgIpc) is 3.64. The van der Waals surface area contributed by atoms with Gasteiger partial charge >= 0.3 is 6.09 Å². The van der Waals surface area contributed by atoms with Crippen molar-refractivity contribution in [1.82, 2.24) is 25.2 Å². The zero-order valence-corrected chi connectivity index (χ0v) is 23.9. The van der Waals surface area contributed by atoms with Crippen LogP contribution in [0.5, 0.6) is 5.75 Å². The highest BCUT2D eigenvalue weighted by atomic mass is 35.5. The van der Waals surface area contributed by atoms with E-state index in [1.807, 2.05) is 41.3 Å². The number of aromatic nitrogens is 3. The van der Waals surface area contributed by atoms with E-state index in [4.69, 9.17) is 21.1 Å². The highest BCUT2D eigenvalue weighted by Gasteiger charge is 2.28. The Kier molecular flexibility index (Phi) is 8.46. The Morgan fingerprint density at radius 2 is 2.05 bits per heavy atom. The number of benzene rings is 1. The number of fused-ring (bicyclic) bond motifs is 1. The molecule has 11 heteroatoms. The molecule has 2 aliphatic rings. The monoisotopic (exact) mass is 588 g/mol. The Labute approximate surface area is 247 Å². The third-order valence-corrected chi connectivity index (χ3v) is 8.22. The minimum absolute atomic E-state index is 0.0383. The number of carbonyl (C=O) groups excluding carboxylic acids is 1. The number of amides is 1. The Morgan fingerprint density at radius 3 is 2.88 bits per heavy atom. The summed E-state index contributed by atoms with van der Waals surface area (Å²) in [6, 6.07) is 13.1. The quantitative estimate of drug-likeness (QED) is 0.274. The van der Waals surface area contributed by atoms with Crippen molar-refractivity contribution in [2.75, 3.05) is 25.0 Å². The second-order valence-electron chi connectivity index (χ2n) is 9.95. The molecule has 5 heterocycles. The van der Waals surface area contributed by atoms with Gasteiger partial charge in [-0.3, -0.25) is 10.3 Å². The molecule has 4 aromatic rings. The van der Waals surface area contributed by atoms with Crippen LogP contribution in [-0.2, 0) is 11.3 Å². The van der Waals surface area contributed by atoms with Crippen molar-refractivity contribution in [2.24, 2.45) is 0 Å². The molecule has 3 aromatic heterocycles. The van der Waals surface area contributed by atoms with Crippen molar-refractivity contribution >= 4 is 50.8 Å². The topological polar surface area (TPSA) is 102 Å². The summed E-state index contributed by atoms with van der Waals surface area (Å²) in [5.74, 6) is 7.80. The first-order chi connectivity index (χ1) is 20.1. The zero-order chi connectivity index (χ0) is 28.0. The normalized spacial score (nSPS) is 18.5. The Hall–Kier alpha value is -3.91. The number of anilines is 2. The van der Waals surface area contributed by atoms with Crippen LogP contribution >= 0.6 is 22.9 Å². The van der Waals surface area contributed by atoms with Gasteiger partial charge in [0.25, 0.3) is 0 Å². The maximum Gasteiger partial charge on any atom is 0.410 e. The first-order valence-electron chi connectivity index (χ1n) is 13.6. The largest absolute Gasteiger partial charge is 0.486 e. The van der Waals surface area contributed by atoms with Gasteiger partial charge in [-0.2, -0.15) is 0 Å². The third kappa shape index (κ3) is 6.88. The lowest BCUT2D eigenvalue weighted by molar-refractivity contribution is 0.0646. The van der Waals surface area contributed by atoms with Gasteiger partial charge in [0.15, 0.2) is 0 Å². The van der Waals surface area contributed by atoms with Gasteiger partial charge in [-0.15, -0.1) is 11.3 Å². The SMILES string of the molecule is O=C(O[C@H]1CN[C@H](C#Cc2cc3c(Nc4ccc(OCc5ccccn5)c(Cl)c4)ncnc3s2)C1)N1CCCCC1. The molecular weight excluding hydrogens is 560 g/mol. The summed E-state index contributed by atoms with van der Waals surface area (Å²) < 4.78 is 11.5. The maximum absolute atomic E-state index is 12.4. The summed E-state index contributed by atoms with van der Waals surface area (Å²) in [7, 11) is 0. The van der Waals surface area contributed by atoms with Gasteiger partial charge in [-0.1, -0.05) is 29.5 Å². The fourth-order valence-corrected chi connectivity index (χ4v) is 5.93. The smallest absolute Gasteiger partial charge is 0.410 e. The molecular formula is C30H29ClN6O3S. The number of pyridine rings is 1. The van der Waals surface area contributed by atoms with E-state index in [0.717, 1.165) is 52.4 Å². The van der Waals surface area contributed by atoms with Gasteiger partial charge in [0.05, 0.1) is 27.0 Å². The van der Waals surface area contributed by atoms with Crippen molar-refractivity contribution < 1.29 is 14.3 Å². The molecule has 41 heavy (non-hydrogen) atoms. The van der Waals surface area contributed by atoms with Gasteiger partial charge in [-0.05, 0) is 55.7 Å². The Balaban J connectivity index is 1.08. The number of nitrogens with one attached hydrogen (secondary N) is 2. The number of rotatable bonds is 6. The number of ether oxygens (including phenoxy) is 2. The number of thiophene rings is 1. The van der Waals surface area contributed by atoms with E-state index in [1.54, 1.807) is 12.3 Å². The van der Waals surface area contributed by atoms with Crippen molar-refractivity contribution in [3.05, 3.63) is 70.6 Å². The van der Waals surface area contributed by atoms with Crippen LogP contribution in [0.25, 0.3) is 10.2 Å². The summed E-state index contributed by atoms with van der Waals surface area (Å²) in [5, 5.41) is 8.06. The van der Waals surface area contributed by atoms with Crippen molar-refractivity contribution in [1.29, 1.82) is 0 Å². The standard InChI is InChI=1S/C30H29ClN6O3S/c31-26-15-21(8-10-27(26)39-18-22-6-2-3-11-32-22)36-28-25-16-24(41-29(25)35-19-34-28)9-7-20-14-23(17-33-20)40-30(38)37-12-4-1-5-13-37/h2-3,6,8,10-11,15-16,19-20,23,33H,1,4-5,12-14,17-18H2,(H,34,35,36)/t20-,23-/m1/s1. The van der Waals surface area contributed by atoms with Crippen LogP contribution in [-0.4, -0.2) is 57.7 Å². The van der Waals surface area contributed by atoms with Gasteiger partial charge in [0, 0.05) is 37.9 Å². The number of hydrogen-bond acceptors (Lipinski definition) is 9. The average molecular weight is 589 g/mol. The maximum atomic E-state index is 12.4. The number of hydrogen-bond donors (Lipinski definition) is 2. The van der Waals surface area contributed by atoms with Gasteiger partial charge in [-0.25, -0.2) is 14.8 Å². The third-order valence-electron chi connectivity index (χ3n) is 6.97. The molecule has 0 radical (unpaired) electrons. The summed E-state index contributed by atoms with van der Waals surface area (Å²) in [6.07, 6.45) is 6.84. The number of halogens is 1. The highest BCUT2D eigenvalue weighted by molar-refractivity contribution is 7.19. The minimum atomic E-state index is -0.207. The van der Waals surface area contributed by atoms with E-state index < -0.39 is 0 Å². The fourth-order valence-electron chi connectivity index (χ4n) is 4.84. The van der Waals surface area contributed by atoms with E-state index in [2.05, 4.69) is 37.4 Å². The van der Waals surface area contributed by atoms with E-state index in [-0.39, 0.29) is 18.2 Å². The van der Waals surface area contributed by atoms with Gasteiger partial charge in [0.2, 0.25) is 0 Å². The minimum Gasteiger partial charge on any atom is -0.486 e. The van der Waals surface area contributed by atoms with Crippen LogP contribution in [0.4, 0.5) is 16.3 Å². The first-order valence-corrected chi connectivity index (χ1v) is 14.8. The molecule has 2 aliphatic heterocycles. The van der Waals surface area contributed by atoms with Crippen LogP contribution in [0.3, 0.4) is 0 Å². The molecule has 1 aromatic carbocycles. The molecule has 9 nitrogen and oxygen atoms in total. The number of carbonyl (C=O) groups is 1. The van der Waals surface area contributed by atoms with Crippen LogP contribution in [0, 0.1) is 11.8 Å². The molecule has 0 aliphatic carbocycles. The van der Waals surface area contributed by atoms with Crippen LogP contribution in [0.1, 0.15) is 36.3 Å². The van der Waals surface area contributed by atoms with Crippen molar-refractivity contribution in [2.45, 2.75) is 44.4 Å². The molecule has 1 amide bonds. The predicted molar refractivity (Wildman–Crippen MR) is 160 cm³/mol. The van der Waals surface area contributed by atoms with Crippen LogP contribution < -0.4 is 15.4 Å². The summed E-state index contributed by atoms with van der Waals surface area (Å²) in [4.78, 5) is 29.1. The molecule has 0 unspecified atom stereocenters. The lowest BCUT2D eigenvalue weighted by Crippen LogP contribution is -2.38. The second-order valence-corrected chi connectivity index (χ2v) is 11.4. The van der Waals surface area contributed by atoms with E-state index in [1.165, 1.54) is 24.1 Å². The lowest BCUT2D eigenvalue weighted by atomic mass is 10.1. The van der Waals surface area contributed by atoms with Gasteiger partial charge < -0.3 is 19.7 Å². The molecule has 0 spiro atoms. The zero-order valence-electron chi connectivity index (χ0n) is 22.3. The first kappa shape index (κ1) is 27.3. The summed E-state index contributed by atoms with van der Waals surface area (Å²) in [6.45, 7) is 2.51. The Morgan fingerprint density at radius 1 is 1.15 bits per heavy atom. The number of nitrogens with zero attached hydrogens (tertiary/aromatic N) is 4. The number of piperidine rings is 1. The molecule has 2 atom stereocenters. The second kappa shape index (κ2) is 12.7. The molecule has 2 fully saturated rings.